The van der Waals surface area contributed by atoms with Crippen LogP contribution in [0.3, 0.4) is 0 Å². The zero-order valence-electron chi connectivity index (χ0n) is 11.7. The molecule has 5 nitrogen and oxygen atoms in total. The van der Waals surface area contributed by atoms with E-state index in [1.54, 1.807) is 13.2 Å². The second kappa shape index (κ2) is 5.36. The Labute approximate surface area is 122 Å². The zero-order valence-corrected chi connectivity index (χ0v) is 11.7. The van der Waals surface area contributed by atoms with Crippen LogP contribution >= 0.6 is 0 Å². The monoisotopic (exact) mass is 284 g/mol. The zero-order chi connectivity index (χ0) is 14.8. The van der Waals surface area contributed by atoms with Gasteiger partial charge in [0, 0.05) is 12.1 Å². The van der Waals surface area contributed by atoms with Crippen LogP contribution in [0.2, 0.25) is 0 Å². The van der Waals surface area contributed by atoms with Crippen molar-refractivity contribution in [2.75, 3.05) is 18.2 Å². The number of benzene rings is 2. The molecule has 0 saturated heterocycles. The van der Waals surface area contributed by atoms with Crippen molar-refractivity contribution in [1.29, 1.82) is 0 Å². The maximum absolute atomic E-state index is 11.4. The molecule has 21 heavy (non-hydrogen) atoms. The lowest BCUT2D eigenvalue weighted by molar-refractivity contribution is -0.116. The fourth-order valence-electron chi connectivity index (χ4n) is 2.28. The summed E-state index contributed by atoms with van der Waals surface area (Å²) in [5.74, 6) is 2.06. The number of methoxy groups -OCH3 is 1. The van der Waals surface area contributed by atoms with E-state index in [0.29, 0.717) is 30.0 Å². The highest BCUT2D eigenvalue weighted by Crippen LogP contribution is 2.35. The van der Waals surface area contributed by atoms with Crippen molar-refractivity contribution in [3.05, 3.63) is 42.0 Å². The predicted molar refractivity (Wildman–Crippen MR) is 80.9 cm³/mol. The number of carbonyl (C=O) groups is 1. The number of anilines is 2. The van der Waals surface area contributed by atoms with Gasteiger partial charge in [-0.15, -0.1) is 0 Å². The molecule has 3 N–H and O–H groups in total. The Bertz CT molecular complexity index is 681. The summed E-state index contributed by atoms with van der Waals surface area (Å²) in [5, 5.41) is 2.82. The number of carbonyl (C=O) groups excluding carboxylic acids is 1. The van der Waals surface area contributed by atoms with Crippen LogP contribution in [0.1, 0.15) is 12.0 Å². The average Bonchev–Trinajstić information content (AvgIpc) is 2.49. The normalized spacial score (nSPS) is 13.3. The van der Waals surface area contributed by atoms with Gasteiger partial charge in [0.2, 0.25) is 5.91 Å². The number of hydrogen-bond donors (Lipinski definition) is 2. The van der Waals surface area contributed by atoms with Gasteiger partial charge < -0.3 is 20.5 Å². The average molecular weight is 284 g/mol. The van der Waals surface area contributed by atoms with Gasteiger partial charge in [-0.05, 0) is 48.4 Å². The van der Waals surface area contributed by atoms with Crippen molar-refractivity contribution in [2.45, 2.75) is 12.8 Å². The minimum atomic E-state index is 0.0192. The molecule has 0 spiro atoms. The van der Waals surface area contributed by atoms with E-state index in [-0.39, 0.29) is 5.91 Å². The smallest absolute Gasteiger partial charge is 0.224 e. The van der Waals surface area contributed by atoms with E-state index in [2.05, 4.69) is 5.32 Å². The molecular weight excluding hydrogens is 268 g/mol. The molecule has 0 bridgehead atoms. The number of aryl methyl sites for hydroxylation is 1. The van der Waals surface area contributed by atoms with Gasteiger partial charge >= 0.3 is 0 Å². The van der Waals surface area contributed by atoms with Gasteiger partial charge in [0.05, 0.1) is 12.8 Å². The highest BCUT2D eigenvalue weighted by atomic mass is 16.5. The van der Waals surface area contributed by atoms with Crippen molar-refractivity contribution in [3.8, 4) is 17.2 Å². The number of ether oxygens (including phenoxy) is 2. The molecule has 3 rings (SSSR count). The first-order valence-electron chi connectivity index (χ1n) is 6.70. The maximum Gasteiger partial charge on any atom is 0.224 e. The summed E-state index contributed by atoms with van der Waals surface area (Å²) in [6.07, 6.45) is 1.18. The molecule has 1 heterocycles. The Balaban J connectivity index is 1.86. The van der Waals surface area contributed by atoms with Crippen LogP contribution < -0.4 is 20.5 Å². The van der Waals surface area contributed by atoms with E-state index in [0.717, 1.165) is 17.0 Å². The molecule has 1 aliphatic heterocycles. The summed E-state index contributed by atoms with van der Waals surface area (Å²) in [5.41, 5.74) is 8.29. The van der Waals surface area contributed by atoms with Crippen molar-refractivity contribution in [2.24, 2.45) is 0 Å². The quantitative estimate of drug-likeness (QED) is 0.850. The van der Waals surface area contributed by atoms with Crippen LogP contribution in [0.5, 0.6) is 17.2 Å². The van der Waals surface area contributed by atoms with Crippen LogP contribution in [0, 0.1) is 0 Å². The van der Waals surface area contributed by atoms with Crippen LogP contribution in [-0.4, -0.2) is 13.0 Å². The molecule has 108 valence electrons. The number of rotatable bonds is 3. The summed E-state index contributed by atoms with van der Waals surface area (Å²) in [6, 6.07) is 10.9. The maximum atomic E-state index is 11.4. The van der Waals surface area contributed by atoms with Crippen molar-refractivity contribution >= 4 is 17.3 Å². The lowest BCUT2D eigenvalue weighted by Crippen LogP contribution is -2.19. The molecule has 0 saturated carbocycles. The molecule has 0 atom stereocenters. The summed E-state index contributed by atoms with van der Waals surface area (Å²) in [7, 11) is 1.62. The van der Waals surface area contributed by atoms with Gasteiger partial charge in [-0.25, -0.2) is 0 Å². The minimum Gasteiger partial charge on any atom is -0.497 e. The molecule has 0 fully saturated rings. The minimum absolute atomic E-state index is 0.0192. The number of nitrogens with two attached hydrogens (primary N) is 1. The fraction of sp³-hybridized carbons (Fsp3) is 0.188. The Morgan fingerprint density at radius 2 is 1.81 bits per heavy atom. The molecule has 2 aromatic carbocycles. The first-order valence-corrected chi connectivity index (χ1v) is 6.70. The lowest BCUT2D eigenvalue weighted by Gasteiger charge is -2.19. The van der Waals surface area contributed by atoms with E-state index < -0.39 is 0 Å². The van der Waals surface area contributed by atoms with Gasteiger partial charge in [-0.2, -0.15) is 0 Å². The van der Waals surface area contributed by atoms with Crippen LogP contribution in [0.4, 0.5) is 11.4 Å². The Morgan fingerprint density at radius 3 is 2.52 bits per heavy atom. The standard InChI is InChI=1S/C16H16N2O3/c1-20-11-3-5-12(6-4-11)21-15-8-10-2-7-16(19)18-14(10)9-13(15)17/h3-6,8-9H,2,7,17H2,1H3,(H,18,19). The fourth-order valence-corrected chi connectivity index (χ4v) is 2.28. The molecule has 2 aromatic rings. The van der Waals surface area contributed by atoms with Gasteiger partial charge in [0.15, 0.2) is 5.75 Å². The first kappa shape index (κ1) is 13.3. The molecule has 0 unspecified atom stereocenters. The number of hydrogen-bond acceptors (Lipinski definition) is 4. The summed E-state index contributed by atoms with van der Waals surface area (Å²) < 4.78 is 10.9. The third-order valence-corrected chi connectivity index (χ3v) is 3.42. The number of fused-ring (bicyclic) bond motifs is 1. The first-order chi connectivity index (χ1) is 10.2. The van der Waals surface area contributed by atoms with Gasteiger partial charge in [-0.3, -0.25) is 4.79 Å². The molecular formula is C16H16N2O3. The Hall–Kier alpha value is -2.69. The van der Waals surface area contributed by atoms with Crippen LogP contribution in [0.25, 0.3) is 0 Å². The van der Waals surface area contributed by atoms with E-state index in [9.17, 15) is 4.79 Å². The van der Waals surface area contributed by atoms with E-state index in [1.807, 2.05) is 30.3 Å². The van der Waals surface area contributed by atoms with Gasteiger partial charge in [0.1, 0.15) is 11.5 Å². The third kappa shape index (κ3) is 2.76. The van der Waals surface area contributed by atoms with Gasteiger partial charge in [-0.1, -0.05) is 0 Å². The number of nitrogen functional groups attached to an aromatic ring is 1. The van der Waals surface area contributed by atoms with Gasteiger partial charge in [0.25, 0.3) is 0 Å². The predicted octanol–water partition coefficient (Wildman–Crippen LogP) is 2.95. The lowest BCUT2D eigenvalue weighted by atomic mass is 10.0. The summed E-state index contributed by atoms with van der Waals surface area (Å²) in [4.78, 5) is 11.4. The molecule has 0 aromatic heterocycles. The molecule has 0 aliphatic carbocycles. The van der Waals surface area contributed by atoms with Crippen molar-refractivity contribution in [1.82, 2.24) is 0 Å². The SMILES string of the molecule is COc1ccc(Oc2cc3c(cc2N)NC(=O)CC3)cc1. The Kier molecular flexibility index (Phi) is 3.39. The second-order valence-electron chi connectivity index (χ2n) is 4.87. The van der Waals surface area contributed by atoms with Crippen molar-refractivity contribution < 1.29 is 14.3 Å². The topological polar surface area (TPSA) is 73.6 Å². The number of nitrogens with one attached hydrogen (secondary N) is 1. The van der Waals surface area contributed by atoms with E-state index >= 15 is 0 Å². The van der Waals surface area contributed by atoms with Crippen LogP contribution in [-0.2, 0) is 11.2 Å². The summed E-state index contributed by atoms with van der Waals surface area (Å²) >= 11 is 0. The van der Waals surface area contributed by atoms with Crippen molar-refractivity contribution in [3.63, 3.8) is 0 Å². The summed E-state index contributed by atoms with van der Waals surface area (Å²) in [6.45, 7) is 0. The molecule has 5 heteroatoms. The van der Waals surface area contributed by atoms with Crippen LogP contribution in [0.15, 0.2) is 36.4 Å². The molecule has 1 amide bonds. The largest absolute Gasteiger partial charge is 0.497 e. The highest BCUT2D eigenvalue weighted by Gasteiger charge is 2.17. The molecule has 0 radical (unpaired) electrons. The van der Waals surface area contributed by atoms with E-state index in [4.69, 9.17) is 15.2 Å². The van der Waals surface area contributed by atoms with E-state index in [1.165, 1.54) is 0 Å². The molecule has 1 aliphatic rings. The highest BCUT2D eigenvalue weighted by molar-refractivity contribution is 5.94. The number of amides is 1. The third-order valence-electron chi connectivity index (χ3n) is 3.42. The second-order valence-corrected chi connectivity index (χ2v) is 4.87. The Morgan fingerprint density at radius 1 is 1.10 bits per heavy atom.